The Morgan fingerprint density at radius 3 is 2.48 bits per heavy atom. The molecule has 2 nitrogen and oxygen atoms in total. The molecule has 3 atom stereocenters. The molecule has 1 aliphatic carbocycles. The molecule has 2 fully saturated rings. The van der Waals surface area contributed by atoms with Crippen molar-refractivity contribution in [2.75, 3.05) is 19.6 Å². The molecule has 0 amide bonds. The third-order valence-electron chi connectivity index (χ3n) is 5.44. The van der Waals surface area contributed by atoms with E-state index in [1.165, 1.54) is 64.6 Å². The van der Waals surface area contributed by atoms with Gasteiger partial charge in [0.05, 0.1) is 0 Å². The van der Waals surface area contributed by atoms with Crippen molar-refractivity contribution in [2.45, 2.75) is 84.7 Å². The van der Waals surface area contributed by atoms with Crippen molar-refractivity contribution in [3.63, 3.8) is 0 Å². The Bertz CT molecular complexity index is 287. The molecule has 1 N–H and O–H groups in total. The fourth-order valence-electron chi connectivity index (χ4n) is 4.47. The van der Waals surface area contributed by atoms with E-state index < -0.39 is 0 Å². The van der Waals surface area contributed by atoms with Crippen LogP contribution in [0.3, 0.4) is 0 Å². The summed E-state index contributed by atoms with van der Waals surface area (Å²) in [6.45, 7) is 13.2. The van der Waals surface area contributed by atoms with E-state index in [1.54, 1.807) is 0 Å². The molecule has 1 saturated carbocycles. The summed E-state index contributed by atoms with van der Waals surface area (Å²) in [5, 5.41) is 3.65. The number of hydrogen-bond acceptors (Lipinski definition) is 2. The predicted octanol–water partition coefficient (Wildman–Crippen LogP) is 4.30. The number of hydrogen-bond donors (Lipinski definition) is 1. The summed E-state index contributed by atoms with van der Waals surface area (Å²) in [5.74, 6) is 2.75. The SMILES string of the molecule is CC(C)CC1CCCC(N2CCCC(CNC(C)C)C2)C1. The molecule has 3 unspecified atom stereocenters. The zero-order chi connectivity index (χ0) is 15.2. The van der Waals surface area contributed by atoms with Crippen LogP contribution >= 0.6 is 0 Å². The van der Waals surface area contributed by atoms with E-state index in [0.717, 1.165) is 23.8 Å². The van der Waals surface area contributed by atoms with Gasteiger partial charge in [0.1, 0.15) is 0 Å². The van der Waals surface area contributed by atoms with Gasteiger partial charge < -0.3 is 10.2 Å². The van der Waals surface area contributed by atoms with Crippen molar-refractivity contribution in [1.29, 1.82) is 0 Å². The topological polar surface area (TPSA) is 15.3 Å². The highest BCUT2D eigenvalue weighted by Gasteiger charge is 2.30. The van der Waals surface area contributed by atoms with Gasteiger partial charge in [-0.25, -0.2) is 0 Å². The average Bonchev–Trinajstić information content (AvgIpc) is 2.45. The quantitative estimate of drug-likeness (QED) is 0.785. The fraction of sp³-hybridized carbons (Fsp3) is 1.00. The highest BCUT2D eigenvalue weighted by molar-refractivity contribution is 4.85. The van der Waals surface area contributed by atoms with Crippen LogP contribution in [0.15, 0.2) is 0 Å². The molecule has 0 spiro atoms. The normalized spacial score (nSPS) is 32.0. The van der Waals surface area contributed by atoms with Crippen LogP contribution in [0.2, 0.25) is 0 Å². The van der Waals surface area contributed by atoms with Crippen molar-refractivity contribution in [3.8, 4) is 0 Å². The average molecular weight is 295 g/mol. The first-order valence-electron chi connectivity index (χ1n) is 9.52. The Kier molecular flexibility index (Phi) is 7.01. The first kappa shape index (κ1) is 17.3. The fourth-order valence-corrected chi connectivity index (χ4v) is 4.47. The molecule has 0 radical (unpaired) electrons. The van der Waals surface area contributed by atoms with E-state index in [2.05, 4.69) is 37.9 Å². The lowest BCUT2D eigenvalue weighted by atomic mass is 9.80. The standard InChI is InChI=1S/C19H38N2/c1-15(2)11-17-7-5-9-19(12-17)21-10-6-8-18(14-21)13-20-16(3)4/h15-20H,5-14H2,1-4H3. The number of nitrogens with zero attached hydrogens (tertiary/aromatic N) is 1. The monoisotopic (exact) mass is 294 g/mol. The Morgan fingerprint density at radius 2 is 1.76 bits per heavy atom. The molecule has 0 aromatic heterocycles. The van der Waals surface area contributed by atoms with Crippen molar-refractivity contribution in [1.82, 2.24) is 10.2 Å². The number of nitrogens with one attached hydrogen (secondary N) is 1. The third-order valence-corrected chi connectivity index (χ3v) is 5.44. The maximum atomic E-state index is 3.65. The summed E-state index contributed by atoms with van der Waals surface area (Å²) in [6, 6.07) is 1.52. The van der Waals surface area contributed by atoms with E-state index in [1.807, 2.05) is 0 Å². The maximum absolute atomic E-state index is 3.65. The smallest absolute Gasteiger partial charge is 0.00980 e. The van der Waals surface area contributed by atoms with Gasteiger partial charge in [0.15, 0.2) is 0 Å². The summed E-state index contributed by atoms with van der Waals surface area (Å²) in [4.78, 5) is 2.85. The number of likely N-dealkylation sites (tertiary alicyclic amines) is 1. The predicted molar refractivity (Wildman–Crippen MR) is 92.6 cm³/mol. The number of piperidine rings is 1. The van der Waals surface area contributed by atoms with E-state index in [0.29, 0.717) is 6.04 Å². The van der Waals surface area contributed by atoms with Gasteiger partial charge in [-0.1, -0.05) is 40.5 Å². The Balaban J connectivity index is 1.79. The van der Waals surface area contributed by atoms with Gasteiger partial charge in [0.2, 0.25) is 0 Å². The minimum Gasteiger partial charge on any atom is -0.314 e. The molecule has 2 rings (SSSR count). The lowest BCUT2D eigenvalue weighted by Crippen LogP contribution is -2.47. The summed E-state index contributed by atoms with van der Waals surface area (Å²) >= 11 is 0. The maximum Gasteiger partial charge on any atom is 0.00980 e. The van der Waals surface area contributed by atoms with Crippen LogP contribution in [0, 0.1) is 17.8 Å². The Morgan fingerprint density at radius 1 is 1.00 bits per heavy atom. The molecule has 2 heteroatoms. The van der Waals surface area contributed by atoms with Gasteiger partial charge in [0.25, 0.3) is 0 Å². The van der Waals surface area contributed by atoms with E-state index in [9.17, 15) is 0 Å². The van der Waals surface area contributed by atoms with Crippen molar-refractivity contribution in [2.24, 2.45) is 17.8 Å². The molecule has 1 aliphatic heterocycles. The van der Waals surface area contributed by atoms with Gasteiger partial charge in [0, 0.05) is 18.6 Å². The lowest BCUT2D eigenvalue weighted by Gasteiger charge is -2.42. The Hall–Kier alpha value is -0.0800. The first-order valence-corrected chi connectivity index (χ1v) is 9.52. The zero-order valence-electron chi connectivity index (χ0n) is 14.9. The van der Waals surface area contributed by atoms with Gasteiger partial charge in [-0.2, -0.15) is 0 Å². The Labute approximate surface area is 133 Å². The molecule has 0 aromatic rings. The summed E-state index contributed by atoms with van der Waals surface area (Å²) in [7, 11) is 0. The van der Waals surface area contributed by atoms with Crippen LogP contribution in [0.5, 0.6) is 0 Å². The van der Waals surface area contributed by atoms with Gasteiger partial charge in [-0.05, 0) is 62.9 Å². The molecule has 1 saturated heterocycles. The molecule has 21 heavy (non-hydrogen) atoms. The molecule has 0 aromatic carbocycles. The lowest BCUT2D eigenvalue weighted by molar-refractivity contribution is 0.0773. The van der Waals surface area contributed by atoms with Crippen LogP contribution in [0.1, 0.15) is 72.6 Å². The van der Waals surface area contributed by atoms with E-state index in [-0.39, 0.29) is 0 Å². The summed E-state index contributed by atoms with van der Waals surface area (Å²) in [5.41, 5.74) is 0. The van der Waals surface area contributed by atoms with E-state index >= 15 is 0 Å². The molecular weight excluding hydrogens is 256 g/mol. The molecule has 124 valence electrons. The van der Waals surface area contributed by atoms with Crippen LogP contribution in [-0.2, 0) is 0 Å². The van der Waals surface area contributed by atoms with Crippen LogP contribution in [-0.4, -0.2) is 36.6 Å². The van der Waals surface area contributed by atoms with Crippen molar-refractivity contribution >= 4 is 0 Å². The van der Waals surface area contributed by atoms with Crippen molar-refractivity contribution in [3.05, 3.63) is 0 Å². The summed E-state index contributed by atoms with van der Waals surface area (Å²) < 4.78 is 0. The number of rotatable bonds is 6. The molecule has 2 aliphatic rings. The van der Waals surface area contributed by atoms with Crippen molar-refractivity contribution < 1.29 is 0 Å². The van der Waals surface area contributed by atoms with Crippen LogP contribution in [0.25, 0.3) is 0 Å². The second-order valence-electron chi connectivity index (χ2n) is 8.38. The van der Waals surface area contributed by atoms with Gasteiger partial charge in [-0.3, -0.25) is 0 Å². The second kappa shape index (κ2) is 8.53. The highest BCUT2D eigenvalue weighted by atomic mass is 15.2. The van der Waals surface area contributed by atoms with Crippen LogP contribution in [0.4, 0.5) is 0 Å². The third kappa shape index (κ3) is 5.90. The van der Waals surface area contributed by atoms with Crippen LogP contribution < -0.4 is 5.32 Å². The molecule has 0 bridgehead atoms. The van der Waals surface area contributed by atoms with E-state index in [4.69, 9.17) is 0 Å². The second-order valence-corrected chi connectivity index (χ2v) is 8.38. The zero-order valence-corrected chi connectivity index (χ0v) is 14.9. The minimum absolute atomic E-state index is 0.630. The molecule has 1 heterocycles. The van der Waals surface area contributed by atoms with Gasteiger partial charge >= 0.3 is 0 Å². The first-order chi connectivity index (χ1) is 10.0. The molecular formula is C19H38N2. The minimum atomic E-state index is 0.630. The largest absolute Gasteiger partial charge is 0.314 e. The highest BCUT2D eigenvalue weighted by Crippen LogP contribution is 2.33. The summed E-state index contributed by atoms with van der Waals surface area (Å²) in [6.07, 6.45) is 10.2. The van der Waals surface area contributed by atoms with Gasteiger partial charge in [-0.15, -0.1) is 0 Å².